The van der Waals surface area contributed by atoms with Gasteiger partial charge in [0.05, 0.1) is 12.8 Å². The molecule has 1 saturated heterocycles. The predicted molar refractivity (Wildman–Crippen MR) is 119 cm³/mol. The van der Waals surface area contributed by atoms with Crippen molar-refractivity contribution in [2.45, 2.75) is 38.0 Å². The van der Waals surface area contributed by atoms with Gasteiger partial charge >= 0.3 is 0 Å². The number of benzene rings is 1. The van der Waals surface area contributed by atoms with Crippen molar-refractivity contribution in [3.05, 3.63) is 64.3 Å². The molecule has 5 heteroatoms. The lowest BCUT2D eigenvalue weighted by atomic mass is 9.96. The van der Waals surface area contributed by atoms with E-state index in [1.807, 2.05) is 29.2 Å². The summed E-state index contributed by atoms with van der Waals surface area (Å²) >= 11 is 6.13. The summed E-state index contributed by atoms with van der Waals surface area (Å²) in [7, 11) is 1.70. The third kappa shape index (κ3) is 4.11. The Labute approximate surface area is 182 Å². The van der Waals surface area contributed by atoms with Crippen molar-refractivity contribution in [3.8, 4) is 5.88 Å². The smallest absolute Gasteiger partial charge is 0.225 e. The first-order valence-electron chi connectivity index (χ1n) is 10.9. The molecule has 3 fully saturated rings. The fourth-order valence-corrected chi connectivity index (χ4v) is 4.50. The van der Waals surface area contributed by atoms with Gasteiger partial charge in [0.1, 0.15) is 0 Å². The lowest BCUT2D eigenvalue weighted by Gasteiger charge is -2.16. The number of amides is 1. The number of ether oxygens (including phenoxy) is 1. The molecule has 1 atom stereocenters. The van der Waals surface area contributed by atoms with Gasteiger partial charge < -0.3 is 9.64 Å². The van der Waals surface area contributed by atoms with Gasteiger partial charge in [0.25, 0.3) is 0 Å². The highest BCUT2D eigenvalue weighted by atomic mass is 35.5. The van der Waals surface area contributed by atoms with Gasteiger partial charge in [-0.2, -0.15) is 0 Å². The van der Waals surface area contributed by atoms with Gasteiger partial charge in [-0.25, -0.2) is 4.98 Å². The SMILES string of the molecule is COc1nc(/C(=C/[C@H]2CCN(C(=O)C3CC3)C2)c2ccc(Cl)cc2)ccc1C1CC1. The molecule has 1 aromatic heterocycles. The molecule has 1 amide bonds. The minimum absolute atomic E-state index is 0.282. The van der Waals surface area contributed by atoms with Crippen molar-refractivity contribution in [1.29, 1.82) is 0 Å². The van der Waals surface area contributed by atoms with Crippen LogP contribution in [0.25, 0.3) is 5.57 Å². The molecule has 156 valence electrons. The van der Waals surface area contributed by atoms with E-state index < -0.39 is 0 Å². The van der Waals surface area contributed by atoms with Crippen LogP contribution in [-0.2, 0) is 4.79 Å². The number of hydrogen-bond acceptors (Lipinski definition) is 3. The number of rotatable bonds is 6. The Morgan fingerprint density at radius 3 is 2.53 bits per heavy atom. The lowest BCUT2D eigenvalue weighted by Crippen LogP contribution is -2.29. The monoisotopic (exact) mass is 422 g/mol. The maximum absolute atomic E-state index is 12.5. The Hall–Kier alpha value is -2.33. The van der Waals surface area contributed by atoms with Crippen LogP contribution < -0.4 is 4.74 Å². The van der Waals surface area contributed by atoms with Crippen molar-refractivity contribution >= 4 is 23.1 Å². The molecule has 2 aromatic rings. The zero-order chi connectivity index (χ0) is 20.7. The van der Waals surface area contributed by atoms with Gasteiger partial charge in [-0.3, -0.25) is 4.79 Å². The fourth-order valence-electron chi connectivity index (χ4n) is 4.38. The van der Waals surface area contributed by atoms with Crippen LogP contribution in [0.2, 0.25) is 5.02 Å². The van der Waals surface area contributed by atoms with E-state index in [4.69, 9.17) is 21.3 Å². The second kappa shape index (κ2) is 8.07. The van der Waals surface area contributed by atoms with Crippen LogP contribution in [0.15, 0.2) is 42.5 Å². The molecule has 0 unspecified atom stereocenters. The van der Waals surface area contributed by atoms with Crippen LogP contribution in [0.4, 0.5) is 0 Å². The van der Waals surface area contributed by atoms with E-state index in [1.54, 1.807) is 7.11 Å². The van der Waals surface area contributed by atoms with E-state index in [0.29, 0.717) is 17.7 Å². The Balaban J connectivity index is 1.47. The van der Waals surface area contributed by atoms with Crippen LogP contribution in [0.1, 0.15) is 54.8 Å². The van der Waals surface area contributed by atoms with Crippen molar-refractivity contribution in [3.63, 3.8) is 0 Å². The molecule has 4 nitrogen and oxygen atoms in total. The topological polar surface area (TPSA) is 42.4 Å². The summed E-state index contributed by atoms with van der Waals surface area (Å²) in [5.74, 6) is 2.26. The highest BCUT2D eigenvalue weighted by molar-refractivity contribution is 6.30. The summed E-state index contributed by atoms with van der Waals surface area (Å²) < 4.78 is 5.63. The molecular formula is C25H27ClN2O2. The number of hydrogen-bond donors (Lipinski definition) is 0. The predicted octanol–water partition coefficient (Wildman–Crippen LogP) is 5.31. The molecule has 1 aromatic carbocycles. The Kier molecular flexibility index (Phi) is 5.28. The summed E-state index contributed by atoms with van der Waals surface area (Å²) in [4.78, 5) is 19.4. The minimum Gasteiger partial charge on any atom is -0.481 e. The molecule has 2 saturated carbocycles. The van der Waals surface area contributed by atoms with Crippen LogP contribution in [-0.4, -0.2) is 36.0 Å². The number of nitrogens with zero attached hydrogens (tertiary/aromatic N) is 2. The first-order chi connectivity index (χ1) is 14.6. The van der Waals surface area contributed by atoms with Crippen molar-refractivity contribution in [1.82, 2.24) is 9.88 Å². The number of methoxy groups -OCH3 is 1. The lowest BCUT2D eigenvalue weighted by molar-refractivity contribution is -0.131. The van der Waals surface area contributed by atoms with Crippen molar-refractivity contribution < 1.29 is 9.53 Å². The van der Waals surface area contributed by atoms with E-state index in [1.165, 1.54) is 18.4 Å². The highest BCUT2D eigenvalue weighted by Crippen LogP contribution is 2.44. The minimum atomic E-state index is 0.282. The van der Waals surface area contributed by atoms with Gasteiger partial charge in [-0.15, -0.1) is 0 Å². The zero-order valence-electron chi connectivity index (χ0n) is 17.3. The van der Waals surface area contributed by atoms with E-state index >= 15 is 0 Å². The number of pyridine rings is 1. The van der Waals surface area contributed by atoms with Gasteiger partial charge in [0.2, 0.25) is 11.8 Å². The molecule has 0 radical (unpaired) electrons. The van der Waals surface area contributed by atoms with E-state index in [2.05, 4.69) is 18.2 Å². The van der Waals surface area contributed by atoms with Gasteiger partial charge in [-0.1, -0.05) is 35.9 Å². The molecule has 3 aliphatic rings. The molecule has 2 heterocycles. The van der Waals surface area contributed by atoms with E-state index in [0.717, 1.165) is 60.1 Å². The zero-order valence-corrected chi connectivity index (χ0v) is 18.1. The van der Waals surface area contributed by atoms with Crippen LogP contribution in [0.3, 0.4) is 0 Å². The van der Waals surface area contributed by atoms with Gasteiger partial charge in [-0.05, 0) is 67.7 Å². The number of carbonyl (C=O) groups excluding carboxylic acids is 1. The first kappa shape index (κ1) is 19.6. The number of aromatic nitrogens is 1. The van der Waals surface area contributed by atoms with Crippen molar-refractivity contribution in [2.24, 2.45) is 11.8 Å². The van der Waals surface area contributed by atoms with E-state index in [9.17, 15) is 4.79 Å². The molecule has 0 spiro atoms. The first-order valence-corrected chi connectivity index (χ1v) is 11.3. The van der Waals surface area contributed by atoms with Crippen LogP contribution >= 0.6 is 11.6 Å². The Morgan fingerprint density at radius 1 is 1.10 bits per heavy atom. The number of carbonyl (C=O) groups is 1. The molecule has 1 aliphatic heterocycles. The Bertz CT molecular complexity index is 977. The van der Waals surface area contributed by atoms with Gasteiger partial charge in [0, 0.05) is 35.2 Å². The normalized spacial score (nSPS) is 21.7. The van der Waals surface area contributed by atoms with Crippen molar-refractivity contribution in [2.75, 3.05) is 20.2 Å². The summed E-state index contributed by atoms with van der Waals surface area (Å²) in [5, 5.41) is 0.717. The maximum atomic E-state index is 12.5. The fraction of sp³-hybridized carbons (Fsp3) is 0.440. The molecule has 0 N–H and O–H groups in total. The third-order valence-electron chi connectivity index (χ3n) is 6.40. The molecule has 0 bridgehead atoms. The quantitative estimate of drug-likeness (QED) is 0.633. The summed E-state index contributed by atoms with van der Waals surface area (Å²) in [5.41, 5.74) is 4.28. The summed E-state index contributed by atoms with van der Waals surface area (Å²) in [6.07, 6.45) is 7.83. The second-order valence-electron chi connectivity index (χ2n) is 8.76. The summed E-state index contributed by atoms with van der Waals surface area (Å²) in [6, 6.07) is 12.2. The second-order valence-corrected chi connectivity index (χ2v) is 9.20. The largest absolute Gasteiger partial charge is 0.481 e. The van der Waals surface area contributed by atoms with Crippen LogP contribution in [0, 0.1) is 11.8 Å². The molecule has 5 rings (SSSR count). The van der Waals surface area contributed by atoms with Gasteiger partial charge in [0.15, 0.2) is 0 Å². The Morgan fingerprint density at radius 2 is 1.87 bits per heavy atom. The average Bonchev–Trinajstić information content (AvgIpc) is 3.70. The molecule has 2 aliphatic carbocycles. The standard InChI is InChI=1S/C25H27ClN2O2/c1-30-24-21(17-2-3-17)10-11-23(27-24)22(18-6-8-20(26)9-7-18)14-16-12-13-28(15-16)25(29)19-4-5-19/h6-11,14,16-17,19H,2-5,12-13,15H2,1H3/b22-14+/t16-/m1/s1. The number of likely N-dealkylation sites (tertiary alicyclic amines) is 1. The average molecular weight is 423 g/mol. The molecule has 30 heavy (non-hydrogen) atoms. The van der Waals surface area contributed by atoms with Crippen LogP contribution in [0.5, 0.6) is 5.88 Å². The third-order valence-corrected chi connectivity index (χ3v) is 6.65. The highest BCUT2D eigenvalue weighted by Gasteiger charge is 2.36. The molecular weight excluding hydrogens is 396 g/mol. The summed E-state index contributed by atoms with van der Waals surface area (Å²) in [6.45, 7) is 1.64. The maximum Gasteiger partial charge on any atom is 0.225 e. The van der Waals surface area contributed by atoms with E-state index in [-0.39, 0.29) is 5.92 Å². The number of halogens is 1.